The van der Waals surface area contributed by atoms with Crippen LogP contribution < -0.4 is 10.1 Å². The summed E-state index contributed by atoms with van der Waals surface area (Å²) < 4.78 is 5.71. The fourth-order valence-electron chi connectivity index (χ4n) is 2.73. The molecule has 2 rings (SSSR count). The quantitative estimate of drug-likeness (QED) is 0.773. The molecule has 1 unspecified atom stereocenters. The fourth-order valence-corrected chi connectivity index (χ4v) is 3.58. The van der Waals surface area contributed by atoms with E-state index in [2.05, 4.69) is 56.2 Å². The lowest BCUT2D eigenvalue weighted by Crippen LogP contribution is -2.12. The van der Waals surface area contributed by atoms with Crippen molar-refractivity contribution in [2.24, 2.45) is 0 Å². The van der Waals surface area contributed by atoms with Gasteiger partial charge in [-0.1, -0.05) is 43.4 Å². The number of hydrogen-bond acceptors (Lipinski definition) is 4. The first kappa shape index (κ1) is 16.8. The Kier molecular flexibility index (Phi) is 5.83. The van der Waals surface area contributed by atoms with E-state index in [0.717, 1.165) is 35.5 Å². The van der Waals surface area contributed by atoms with Gasteiger partial charge in [0.2, 0.25) is 0 Å². The first-order valence-corrected chi connectivity index (χ1v) is 8.74. The van der Waals surface area contributed by atoms with E-state index in [9.17, 15) is 0 Å². The summed E-state index contributed by atoms with van der Waals surface area (Å²) in [4.78, 5) is 4.56. The summed E-state index contributed by atoms with van der Waals surface area (Å²) in [6.07, 6.45) is 1.02. The van der Waals surface area contributed by atoms with Gasteiger partial charge in [0, 0.05) is 6.54 Å². The van der Waals surface area contributed by atoms with Gasteiger partial charge in [0.1, 0.15) is 0 Å². The monoisotopic (exact) mass is 318 g/mol. The molecule has 1 heterocycles. The number of rotatable bonds is 7. The van der Waals surface area contributed by atoms with Gasteiger partial charge in [0.05, 0.1) is 12.3 Å². The minimum atomic E-state index is 0.449. The largest absolute Gasteiger partial charge is 0.483 e. The van der Waals surface area contributed by atoms with Gasteiger partial charge in [0.25, 0.3) is 0 Å². The molecule has 1 N–H and O–H groups in total. The normalized spacial score (nSPS) is 12.2. The molecule has 0 spiro atoms. The summed E-state index contributed by atoms with van der Waals surface area (Å²) in [5.74, 6) is 0.449. The molecule has 3 nitrogen and oxygen atoms in total. The van der Waals surface area contributed by atoms with E-state index in [4.69, 9.17) is 4.74 Å². The van der Waals surface area contributed by atoms with Gasteiger partial charge >= 0.3 is 0 Å². The Morgan fingerprint density at radius 1 is 1.23 bits per heavy atom. The molecule has 22 heavy (non-hydrogen) atoms. The summed E-state index contributed by atoms with van der Waals surface area (Å²) >= 11 is 1.60. The van der Waals surface area contributed by atoms with E-state index in [0.29, 0.717) is 5.92 Å². The Morgan fingerprint density at radius 2 is 1.91 bits per heavy atom. The molecule has 0 amide bonds. The van der Waals surface area contributed by atoms with Crippen LogP contribution in [-0.2, 0) is 0 Å². The predicted octanol–water partition coefficient (Wildman–Crippen LogP) is 5.07. The average Bonchev–Trinajstić information content (AvgIpc) is 2.83. The third kappa shape index (κ3) is 4.01. The van der Waals surface area contributed by atoms with Crippen molar-refractivity contribution in [2.45, 2.75) is 47.0 Å². The molecule has 2 aromatic rings. The summed E-state index contributed by atoms with van der Waals surface area (Å²) in [5.41, 5.74) is 5.12. The van der Waals surface area contributed by atoms with Crippen LogP contribution in [0.15, 0.2) is 18.2 Å². The van der Waals surface area contributed by atoms with Crippen molar-refractivity contribution in [2.75, 3.05) is 18.5 Å². The Balaban J connectivity index is 2.01. The topological polar surface area (TPSA) is 34.1 Å². The minimum absolute atomic E-state index is 0.449. The molecule has 1 aromatic heterocycles. The molecule has 0 fully saturated rings. The third-order valence-corrected chi connectivity index (χ3v) is 4.81. The molecule has 0 radical (unpaired) electrons. The van der Waals surface area contributed by atoms with Gasteiger partial charge in [0.15, 0.2) is 10.2 Å². The van der Waals surface area contributed by atoms with Crippen LogP contribution >= 0.6 is 11.3 Å². The van der Waals surface area contributed by atoms with E-state index in [1.165, 1.54) is 16.7 Å². The van der Waals surface area contributed by atoms with Gasteiger partial charge in [-0.3, -0.25) is 0 Å². The van der Waals surface area contributed by atoms with Crippen LogP contribution in [0.25, 0.3) is 0 Å². The van der Waals surface area contributed by atoms with Crippen molar-refractivity contribution in [3.05, 3.63) is 40.6 Å². The van der Waals surface area contributed by atoms with Crippen molar-refractivity contribution < 1.29 is 4.74 Å². The molecule has 0 aliphatic rings. The highest BCUT2D eigenvalue weighted by Gasteiger charge is 2.13. The van der Waals surface area contributed by atoms with Crippen LogP contribution in [-0.4, -0.2) is 18.1 Å². The van der Waals surface area contributed by atoms with Crippen LogP contribution in [0.5, 0.6) is 5.06 Å². The van der Waals surface area contributed by atoms with E-state index in [1.807, 2.05) is 6.92 Å². The smallest absolute Gasteiger partial charge is 0.198 e. The number of thiazole rings is 1. The minimum Gasteiger partial charge on any atom is -0.483 e. The zero-order valence-electron chi connectivity index (χ0n) is 14.2. The molecule has 0 saturated carbocycles. The molecular formula is C18H26N2OS. The zero-order chi connectivity index (χ0) is 16.1. The average molecular weight is 318 g/mol. The maximum absolute atomic E-state index is 5.71. The van der Waals surface area contributed by atoms with Gasteiger partial charge in [-0.05, 0) is 49.8 Å². The van der Waals surface area contributed by atoms with Crippen LogP contribution in [0.1, 0.15) is 48.6 Å². The van der Waals surface area contributed by atoms with Crippen molar-refractivity contribution in [1.82, 2.24) is 4.98 Å². The van der Waals surface area contributed by atoms with Gasteiger partial charge in [-0.25, -0.2) is 4.98 Å². The summed E-state index contributed by atoms with van der Waals surface area (Å²) in [6.45, 7) is 12.4. The number of anilines is 1. The van der Waals surface area contributed by atoms with Crippen LogP contribution in [0.4, 0.5) is 5.13 Å². The summed E-state index contributed by atoms with van der Waals surface area (Å²) in [7, 11) is 0. The number of nitrogens with zero attached hydrogens (tertiary/aromatic N) is 1. The Hall–Kier alpha value is -1.55. The highest BCUT2D eigenvalue weighted by Crippen LogP contribution is 2.31. The Morgan fingerprint density at radius 3 is 2.55 bits per heavy atom. The highest BCUT2D eigenvalue weighted by molar-refractivity contribution is 7.17. The van der Waals surface area contributed by atoms with Crippen molar-refractivity contribution in [1.29, 1.82) is 0 Å². The maximum atomic E-state index is 5.71. The molecule has 0 bridgehead atoms. The molecule has 0 aliphatic carbocycles. The van der Waals surface area contributed by atoms with E-state index >= 15 is 0 Å². The molecular weight excluding hydrogens is 292 g/mol. The van der Waals surface area contributed by atoms with Crippen molar-refractivity contribution in [3.63, 3.8) is 0 Å². The molecule has 4 heteroatoms. The Bertz CT molecular complexity index is 601. The second-order valence-electron chi connectivity index (χ2n) is 5.83. The number of aryl methyl sites for hydroxylation is 3. The van der Waals surface area contributed by atoms with E-state index in [-0.39, 0.29) is 0 Å². The zero-order valence-corrected chi connectivity index (χ0v) is 15.0. The summed E-state index contributed by atoms with van der Waals surface area (Å²) in [6, 6.07) is 6.49. The Labute approximate surface area is 137 Å². The predicted molar refractivity (Wildman–Crippen MR) is 95.5 cm³/mol. The second-order valence-corrected chi connectivity index (χ2v) is 6.79. The van der Waals surface area contributed by atoms with Crippen LogP contribution in [0.2, 0.25) is 0 Å². The highest BCUT2D eigenvalue weighted by atomic mass is 32.1. The van der Waals surface area contributed by atoms with Crippen molar-refractivity contribution >= 4 is 16.5 Å². The van der Waals surface area contributed by atoms with Crippen LogP contribution in [0.3, 0.4) is 0 Å². The molecule has 0 saturated heterocycles. The maximum Gasteiger partial charge on any atom is 0.198 e. The first-order valence-electron chi connectivity index (χ1n) is 7.93. The van der Waals surface area contributed by atoms with Gasteiger partial charge in [-0.2, -0.15) is 0 Å². The first-order chi connectivity index (χ1) is 10.5. The molecule has 120 valence electrons. The standard InChI is InChI=1S/C18H26N2OS/c1-6-10-21-17-15(5)20-18(22-17)19-11-14(4)16-12(2)8-7-9-13(16)3/h7-9,14H,6,10-11H2,1-5H3,(H,19,20). The lowest BCUT2D eigenvalue weighted by Gasteiger charge is -2.17. The lowest BCUT2D eigenvalue weighted by atomic mass is 9.92. The lowest BCUT2D eigenvalue weighted by molar-refractivity contribution is 0.324. The molecule has 1 atom stereocenters. The number of nitrogens with one attached hydrogen (secondary N) is 1. The molecule has 1 aromatic carbocycles. The number of benzene rings is 1. The second kappa shape index (κ2) is 7.63. The third-order valence-electron chi connectivity index (χ3n) is 3.79. The number of hydrogen-bond donors (Lipinski definition) is 1. The SMILES string of the molecule is CCCOc1sc(NCC(C)c2c(C)cccc2C)nc1C. The summed E-state index contributed by atoms with van der Waals surface area (Å²) in [5, 5.41) is 5.34. The van der Waals surface area contributed by atoms with Crippen LogP contribution in [0, 0.1) is 20.8 Å². The van der Waals surface area contributed by atoms with Crippen molar-refractivity contribution in [3.8, 4) is 5.06 Å². The molecule has 0 aliphatic heterocycles. The van der Waals surface area contributed by atoms with Gasteiger partial charge in [-0.15, -0.1) is 0 Å². The van der Waals surface area contributed by atoms with E-state index < -0.39 is 0 Å². The van der Waals surface area contributed by atoms with Gasteiger partial charge < -0.3 is 10.1 Å². The fraction of sp³-hybridized carbons (Fsp3) is 0.500. The number of aromatic nitrogens is 1. The van der Waals surface area contributed by atoms with E-state index in [1.54, 1.807) is 11.3 Å². The number of ether oxygens (including phenoxy) is 1.